The van der Waals surface area contributed by atoms with Gasteiger partial charge in [-0.1, -0.05) is 0 Å². The average Bonchev–Trinajstić information content (AvgIpc) is 2.60. The lowest BCUT2D eigenvalue weighted by Crippen LogP contribution is -2.96. The minimum absolute atomic E-state index is 0.0368. The Bertz CT molecular complexity index is 810. The van der Waals surface area contributed by atoms with Crippen LogP contribution in [0.4, 0.5) is 0 Å². The van der Waals surface area contributed by atoms with Crippen molar-refractivity contribution in [2.45, 2.75) is 38.0 Å². The van der Waals surface area contributed by atoms with Gasteiger partial charge in [0.15, 0.2) is 12.1 Å². The van der Waals surface area contributed by atoms with Gasteiger partial charge in [0.05, 0.1) is 0 Å². The number of nitrogens with zero attached hydrogens (tertiary/aromatic N) is 2. The summed E-state index contributed by atoms with van der Waals surface area (Å²) in [7, 11) is 0. The van der Waals surface area contributed by atoms with Gasteiger partial charge in [-0.2, -0.15) is 0 Å². The molecule has 2 aromatic rings. The Morgan fingerprint density at radius 1 is 0.786 bits per heavy atom. The van der Waals surface area contributed by atoms with E-state index in [4.69, 9.17) is 0 Å². The van der Waals surface area contributed by atoms with Crippen LogP contribution in [0, 0.1) is 25.6 Å². The molecule has 3 rings (SSSR count). The van der Waals surface area contributed by atoms with Gasteiger partial charge < -0.3 is 15.5 Å². The fourth-order valence-corrected chi connectivity index (χ4v) is 4.32. The van der Waals surface area contributed by atoms with Crippen LogP contribution in [0.25, 0.3) is 0 Å². The molecule has 2 aromatic carbocycles. The molecule has 1 heterocycles. The van der Waals surface area contributed by atoms with Crippen LogP contribution < -0.4 is 5.32 Å². The number of hydrogen-bond acceptors (Lipinski definition) is 6. The Morgan fingerprint density at radius 2 is 1.11 bits per heavy atom. The van der Waals surface area contributed by atoms with Gasteiger partial charge in [0.25, 0.3) is 12.1 Å². The van der Waals surface area contributed by atoms with Gasteiger partial charge in [0, 0.05) is 21.0 Å². The Hall–Kier alpha value is -3.20. The summed E-state index contributed by atoms with van der Waals surface area (Å²) in [5.41, 5.74) is -0.0383. The van der Waals surface area contributed by atoms with Crippen molar-refractivity contribution >= 4 is 0 Å². The molecular weight excluding hydrogens is 366 g/mol. The molecule has 0 amide bonds. The van der Waals surface area contributed by atoms with Crippen LogP contribution >= 0.6 is 0 Å². The van der Waals surface area contributed by atoms with Crippen molar-refractivity contribution < 1.29 is 25.4 Å². The Balaban J connectivity index is 2.14. The van der Waals surface area contributed by atoms with Crippen LogP contribution in [0.5, 0.6) is 11.5 Å². The number of nitrogens with two attached hydrogens (primary N) is 1. The van der Waals surface area contributed by atoms with Gasteiger partial charge in [0.2, 0.25) is 0 Å². The van der Waals surface area contributed by atoms with Gasteiger partial charge in [-0.05, 0) is 62.4 Å². The van der Waals surface area contributed by atoms with E-state index in [-0.39, 0.29) is 11.5 Å². The van der Waals surface area contributed by atoms with Crippen molar-refractivity contribution in [2.75, 3.05) is 0 Å². The Kier molecular flexibility index (Phi) is 4.95. The molecule has 0 aliphatic carbocycles. The molecule has 0 saturated carbocycles. The maximum atomic E-state index is 12.0. The van der Waals surface area contributed by atoms with Crippen molar-refractivity contribution in [1.82, 2.24) is 0 Å². The third kappa shape index (κ3) is 3.36. The normalized spacial score (nSPS) is 26.5. The fourth-order valence-electron chi connectivity index (χ4n) is 4.32. The van der Waals surface area contributed by atoms with Crippen molar-refractivity contribution in [2.24, 2.45) is 5.41 Å². The lowest BCUT2D eigenvalue weighted by Gasteiger charge is -2.41. The lowest BCUT2D eigenvalue weighted by atomic mass is 9.66. The first-order valence-corrected chi connectivity index (χ1v) is 8.82. The van der Waals surface area contributed by atoms with E-state index in [9.17, 15) is 30.4 Å². The summed E-state index contributed by atoms with van der Waals surface area (Å²) >= 11 is 0. The van der Waals surface area contributed by atoms with Gasteiger partial charge in [0.1, 0.15) is 16.9 Å². The maximum absolute atomic E-state index is 12.0. The minimum Gasteiger partial charge on any atom is -0.508 e. The number of piperidine rings is 1. The second-order valence-electron chi connectivity index (χ2n) is 7.71. The highest BCUT2D eigenvalue weighted by Crippen LogP contribution is 2.43. The number of quaternary nitrogens is 1. The molecule has 0 spiro atoms. The monoisotopic (exact) mass is 388 g/mol. The first kappa shape index (κ1) is 19.6. The number of aromatic hydroxyl groups is 2. The lowest BCUT2D eigenvalue weighted by molar-refractivity contribution is -0.818. The molecule has 1 aliphatic heterocycles. The van der Waals surface area contributed by atoms with Crippen molar-refractivity contribution in [3.63, 3.8) is 0 Å². The molecule has 1 aliphatic rings. The van der Waals surface area contributed by atoms with Gasteiger partial charge in [-0.25, -0.2) is 0 Å². The van der Waals surface area contributed by atoms with Crippen LogP contribution in [0.15, 0.2) is 48.5 Å². The molecular formula is C19H22N3O6+. The standard InChI is InChI=1S/C19H21N3O6/c1-19(2)17(21(25)26)15(11-3-7-13(23)8-4-11)20-16(18(19)22(27)28)12-5-9-14(24)10-6-12/h3-10,15-18,20,23-24H,1-2H3/p+1/t15-,16-,17+,18+/m1/s1. The molecule has 9 heteroatoms. The van der Waals surface area contributed by atoms with Crippen LogP contribution in [0.3, 0.4) is 0 Å². The van der Waals surface area contributed by atoms with Crippen LogP contribution in [0.1, 0.15) is 37.1 Å². The summed E-state index contributed by atoms with van der Waals surface area (Å²) in [5.74, 6) is 0.0736. The van der Waals surface area contributed by atoms with Crippen LogP contribution in [-0.4, -0.2) is 32.1 Å². The number of hydrogen-bond donors (Lipinski definition) is 3. The highest BCUT2D eigenvalue weighted by atomic mass is 16.6. The Morgan fingerprint density at radius 3 is 1.39 bits per heavy atom. The summed E-state index contributed by atoms with van der Waals surface area (Å²) in [4.78, 5) is 23.0. The van der Waals surface area contributed by atoms with Gasteiger partial charge in [-0.3, -0.25) is 20.2 Å². The quantitative estimate of drug-likeness (QED) is 0.538. The topological polar surface area (TPSA) is 143 Å². The highest BCUT2D eigenvalue weighted by molar-refractivity contribution is 5.31. The van der Waals surface area contributed by atoms with E-state index in [0.717, 1.165) is 0 Å². The second kappa shape index (κ2) is 7.08. The van der Waals surface area contributed by atoms with Gasteiger partial charge >= 0.3 is 0 Å². The second-order valence-corrected chi connectivity index (χ2v) is 7.71. The number of phenolic OH excluding ortho intramolecular Hbond substituents is 2. The number of benzene rings is 2. The van der Waals surface area contributed by atoms with E-state index in [1.54, 1.807) is 43.4 Å². The molecule has 1 fully saturated rings. The summed E-state index contributed by atoms with van der Waals surface area (Å²) in [5, 5.41) is 44.7. The maximum Gasteiger partial charge on any atom is 0.279 e. The summed E-state index contributed by atoms with van der Waals surface area (Å²) in [6.45, 7) is 3.11. The van der Waals surface area contributed by atoms with Crippen molar-refractivity contribution in [3.05, 3.63) is 79.9 Å². The Labute approximate surface area is 160 Å². The van der Waals surface area contributed by atoms with E-state index < -0.39 is 39.4 Å². The van der Waals surface area contributed by atoms with Crippen molar-refractivity contribution in [3.8, 4) is 11.5 Å². The number of nitro groups is 2. The van der Waals surface area contributed by atoms with Gasteiger partial charge in [-0.15, -0.1) is 0 Å². The number of phenols is 2. The van der Waals surface area contributed by atoms with Crippen molar-refractivity contribution in [1.29, 1.82) is 0 Å². The van der Waals surface area contributed by atoms with E-state index >= 15 is 0 Å². The van der Waals surface area contributed by atoms with Crippen LogP contribution in [0.2, 0.25) is 0 Å². The third-order valence-corrected chi connectivity index (χ3v) is 5.63. The third-order valence-electron chi connectivity index (χ3n) is 5.63. The zero-order valence-electron chi connectivity index (χ0n) is 15.4. The zero-order valence-corrected chi connectivity index (χ0v) is 15.4. The molecule has 9 nitrogen and oxygen atoms in total. The van der Waals surface area contributed by atoms with E-state index in [1.165, 1.54) is 24.3 Å². The van der Waals surface area contributed by atoms with Crippen LogP contribution in [-0.2, 0) is 0 Å². The van der Waals surface area contributed by atoms with E-state index in [2.05, 4.69) is 0 Å². The average molecular weight is 388 g/mol. The molecule has 4 N–H and O–H groups in total. The summed E-state index contributed by atoms with van der Waals surface area (Å²) in [6.07, 6.45) is 0. The molecule has 1 saturated heterocycles. The summed E-state index contributed by atoms with van der Waals surface area (Å²) in [6, 6.07) is 8.41. The fraction of sp³-hybridized carbons (Fsp3) is 0.368. The predicted molar refractivity (Wildman–Crippen MR) is 99.0 cm³/mol. The molecule has 0 aromatic heterocycles. The molecule has 28 heavy (non-hydrogen) atoms. The SMILES string of the molecule is CC1(C)[C@@H]([N+](=O)[O-])[C@@H](c2ccc(O)cc2)[NH2+][C@H](c2ccc(O)cc2)[C@@H]1[N+](=O)[O-]. The molecule has 4 atom stereocenters. The minimum atomic E-state index is -1.26. The number of rotatable bonds is 4. The first-order chi connectivity index (χ1) is 13.1. The van der Waals surface area contributed by atoms with E-state index in [1.807, 2.05) is 0 Å². The highest BCUT2D eigenvalue weighted by Gasteiger charge is 2.65. The first-order valence-electron chi connectivity index (χ1n) is 8.82. The molecule has 0 radical (unpaired) electrons. The largest absolute Gasteiger partial charge is 0.508 e. The predicted octanol–water partition coefficient (Wildman–Crippen LogP) is 1.77. The molecule has 0 bridgehead atoms. The molecule has 148 valence electrons. The summed E-state index contributed by atoms with van der Waals surface area (Å²) < 4.78 is 0. The molecule has 0 unspecified atom stereocenters. The zero-order chi connectivity index (χ0) is 20.6. The smallest absolute Gasteiger partial charge is 0.279 e. The van der Waals surface area contributed by atoms with E-state index in [0.29, 0.717) is 11.1 Å².